The van der Waals surface area contributed by atoms with E-state index in [1.165, 1.54) is 20.8 Å². The molecule has 1 unspecified atom stereocenters. The van der Waals surface area contributed by atoms with Crippen LogP contribution in [0.25, 0.3) is 0 Å². The third kappa shape index (κ3) is 22.7. The van der Waals surface area contributed by atoms with Crippen LogP contribution in [0.5, 0.6) is 0 Å². The normalized spacial score (nSPS) is 49.4. The monoisotopic (exact) mass is 1800 g/mol. The highest BCUT2D eigenvalue weighted by atomic mass is 16.8. The van der Waals surface area contributed by atoms with Crippen LogP contribution < -0.4 is 21.3 Å². The van der Waals surface area contributed by atoms with Crippen LogP contribution in [0.3, 0.4) is 0 Å². The van der Waals surface area contributed by atoms with E-state index < -0.39 is 396 Å². The highest BCUT2D eigenvalue weighted by Crippen LogP contribution is 2.41. The number of nitrogens with one attached hydrogen (secondary N) is 4. The van der Waals surface area contributed by atoms with Crippen molar-refractivity contribution in [3.8, 4) is 0 Å². The lowest BCUT2D eigenvalue weighted by Gasteiger charge is -2.51. The Hall–Kier alpha value is -3.88. The smallest absolute Gasteiger partial charge is 0.217 e. The number of hydrogen-bond acceptors (Lipinski definition) is 48. The van der Waals surface area contributed by atoms with Gasteiger partial charge in [0, 0.05) is 45.4 Å². The van der Waals surface area contributed by atoms with E-state index in [9.17, 15) is 147 Å². The molecule has 123 heavy (non-hydrogen) atoms. The van der Waals surface area contributed by atoms with Crippen molar-refractivity contribution >= 4 is 23.6 Å². The zero-order valence-electron chi connectivity index (χ0n) is 67.5. The van der Waals surface area contributed by atoms with Crippen molar-refractivity contribution < 1.29 is 237 Å². The maximum Gasteiger partial charge on any atom is 0.217 e. The van der Waals surface area contributed by atoms with Crippen molar-refractivity contribution in [1.29, 1.82) is 0 Å². The molecule has 10 heterocycles. The fourth-order valence-corrected chi connectivity index (χ4v) is 16.4. The predicted molar refractivity (Wildman–Crippen MR) is 386 cm³/mol. The molecule has 712 valence electrons. The average Bonchev–Trinajstić information content (AvgIpc) is 0.761. The lowest BCUT2D eigenvalue weighted by Crippen LogP contribution is -2.71. The van der Waals surface area contributed by atoms with Gasteiger partial charge in [0.2, 0.25) is 23.6 Å². The zero-order chi connectivity index (χ0) is 90.5. The molecule has 0 aromatic carbocycles. The molecule has 0 bridgehead atoms. The van der Waals surface area contributed by atoms with Gasteiger partial charge >= 0.3 is 0 Å². The van der Waals surface area contributed by atoms with Gasteiger partial charge in [-0.1, -0.05) is 20.8 Å². The van der Waals surface area contributed by atoms with Crippen LogP contribution in [0.15, 0.2) is 0 Å². The van der Waals surface area contributed by atoms with Crippen molar-refractivity contribution in [2.24, 2.45) is 17.8 Å². The van der Waals surface area contributed by atoms with Crippen LogP contribution in [-0.2, 0) is 109 Å². The van der Waals surface area contributed by atoms with Crippen LogP contribution in [-0.4, -0.2) is 506 Å². The fraction of sp³-hybridized carbons (Fsp3) is 0.944. The molecule has 0 aromatic heterocycles. The highest BCUT2D eigenvalue weighted by molar-refractivity contribution is 5.74. The molecule has 10 aliphatic heterocycles. The summed E-state index contributed by atoms with van der Waals surface area (Å²) in [6.45, 7) is -1.48. The summed E-state index contributed by atoms with van der Waals surface area (Å²) in [5.74, 6) is -6.78. The molecule has 52 nitrogen and oxygen atoms in total. The molecule has 29 N–H and O–H groups in total. The lowest BCUT2D eigenvalue weighted by atomic mass is 9.90. The topological polar surface area (TPSA) is 798 Å². The Labute approximate surface area is 700 Å². The third-order valence-electron chi connectivity index (χ3n) is 23.6. The molecule has 10 saturated heterocycles. The van der Waals surface area contributed by atoms with Crippen LogP contribution in [0, 0.1) is 17.8 Å². The number of aliphatic hydroxyl groups excluding tert-OH is 25. The number of carbonyl (C=O) groups excluding carboxylic acids is 4. The van der Waals surface area contributed by atoms with Gasteiger partial charge in [0.15, 0.2) is 62.9 Å². The second-order valence-corrected chi connectivity index (χ2v) is 32.2. The largest absolute Gasteiger partial charge is 0.394 e. The SMILES string of the molecule is CC(=O)N[C@H]1[C@H](O[C@H]2[C@H](O)[C@@H](NC(C)=O)C(O)O[C@@H]2CO)O[C@H](CO)[C@@H](O[C@@H]2O[C@H](CO[C@H]3O[C@H](CO)[C@@H](O)[C@H](O)[C@@H]3O)[C@@H](O)[C@H](O[C@H]3O[C@H](CO)[C@@H](O)[C@H](O)[C@@H]3O[C@@H]3O[C@H](CO)[C@@H](O[C@@H]4O[C@H](CO[C@@H]5O[C@H](CO)[C@H](O)[C@H](C)[C@H]5O)[C@H](O)[C@H](O[C@@H]5O[C@H](CO[C@@H]6O[C@H](CO)[C@H](O)[C@H](C)[C@H]6O)[C@H](O)[C@H](C)[C@H]5O)[C@H]4NC(C)=O)[C@H](O)[C@H]3NC(C)=O)[C@@H]2O)[C@@H]1O. The second-order valence-electron chi connectivity index (χ2n) is 32.2. The molecule has 0 spiro atoms. The molecule has 52 heteroatoms. The van der Waals surface area contributed by atoms with E-state index in [-0.39, 0.29) is 0 Å². The Morgan fingerprint density at radius 3 is 0.919 bits per heavy atom. The van der Waals surface area contributed by atoms with Crippen LogP contribution in [0.2, 0.25) is 0 Å². The molecule has 0 radical (unpaired) electrons. The van der Waals surface area contributed by atoms with Crippen molar-refractivity contribution in [3.05, 3.63) is 0 Å². The Balaban J connectivity index is 0.948. The van der Waals surface area contributed by atoms with Crippen LogP contribution in [0.1, 0.15) is 48.5 Å². The van der Waals surface area contributed by atoms with Gasteiger partial charge < -0.3 is 239 Å². The van der Waals surface area contributed by atoms with Gasteiger partial charge in [-0.2, -0.15) is 0 Å². The van der Waals surface area contributed by atoms with E-state index in [2.05, 4.69) is 21.3 Å². The van der Waals surface area contributed by atoms with Crippen LogP contribution >= 0.6 is 0 Å². The van der Waals surface area contributed by atoms with Gasteiger partial charge in [-0.05, 0) is 0 Å². The van der Waals surface area contributed by atoms with E-state index in [0.717, 1.165) is 27.7 Å². The van der Waals surface area contributed by atoms with Gasteiger partial charge in [0.25, 0.3) is 0 Å². The van der Waals surface area contributed by atoms with Crippen molar-refractivity contribution in [2.45, 2.75) is 337 Å². The summed E-state index contributed by atoms with van der Waals surface area (Å²) in [5, 5.41) is 290. The van der Waals surface area contributed by atoms with E-state index in [4.69, 9.17) is 90.0 Å². The number of carbonyl (C=O) groups is 4. The summed E-state index contributed by atoms with van der Waals surface area (Å²) < 4.78 is 114. The molecule has 10 aliphatic rings. The standard InChI is InChI=1S/C71H120N4O48/c1-18-39(87)25(8-76)109-66(42(18)90)105-15-32-41(89)20(3)44(92)69(116-32)121-59-38(75-24(7)86)65(115-33(47(59)95)16-106-67-43(91)19(2)40(88)26(9-77)110-67)119-57-30(13-81)114-64(37(50(57)98)74-23(6)85)123-61-53(101)46(94)28(11-79)112-71(61)122-60-48(96)34(17-107-68-54(102)52(100)45(93)27(10-78)111-68)117-70(55(60)103)120-58-31(14-82)113-63(36(51(58)99)73-22(5)84)118-56-29(12-80)108-62(104)35(49(56)97)72-21(4)83/h18-20,25-71,76-82,87-104H,8-17H2,1-7H3,(H,72,83)(H,73,84)(H,74,85)(H,75,86)/t18-,19-,20-,25+,26+,27+,28+,29+,30+,31+,32+,33+,34+,35+,36+,37+,38+,39+,40+,41+,42+,43+,44+,45+,46+,47-,48+,49+,50+,51+,52-,53-,54-,55-,56+,57+,58+,59+,60-,61-,62?,63-,64-,65-,66+,67+,68-,69-,70-,71+/m0/s1. The first-order chi connectivity index (χ1) is 58.2. The average molecular weight is 1800 g/mol. The number of aliphatic hydroxyl groups is 25. The van der Waals surface area contributed by atoms with Gasteiger partial charge in [0.1, 0.15) is 207 Å². The number of hydrogen-bond donors (Lipinski definition) is 29. The van der Waals surface area contributed by atoms with Gasteiger partial charge in [-0.3, -0.25) is 19.2 Å². The van der Waals surface area contributed by atoms with Crippen molar-refractivity contribution in [3.63, 3.8) is 0 Å². The minimum Gasteiger partial charge on any atom is -0.394 e. The Bertz CT molecular complexity index is 3300. The number of rotatable bonds is 32. The highest BCUT2D eigenvalue weighted by Gasteiger charge is 2.61. The van der Waals surface area contributed by atoms with Crippen molar-refractivity contribution in [1.82, 2.24) is 21.3 Å². The number of amides is 4. The van der Waals surface area contributed by atoms with E-state index >= 15 is 0 Å². The fourth-order valence-electron chi connectivity index (χ4n) is 16.4. The Kier molecular flexibility index (Phi) is 36.5. The summed E-state index contributed by atoms with van der Waals surface area (Å²) in [7, 11) is 0. The molecule has 4 amide bonds. The summed E-state index contributed by atoms with van der Waals surface area (Å²) in [6, 6.07) is -7.48. The molecular weight excluding hydrogens is 1680 g/mol. The number of ether oxygens (including phenoxy) is 19. The van der Waals surface area contributed by atoms with Crippen LogP contribution in [0.4, 0.5) is 0 Å². The maximum absolute atomic E-state index is 13.5. The van der Waals surface area contributed by atoms with E-state index in [1.54, 1.807) is 0 Å². The molecule has 10 rings (SSSR count). The maximum atomic E-state index is 13.5. The first kappa shape index (κ1) is 101. The molecule has 0 saturated carbocycles. The Morgan fingerprint density at radius 1 is 0.228 bits per heavy atom. The summed E-state index contributed by atoms with van der Waals surface area (Å²) in [4.78, 5) is 52.0. The quantitative estimate of drug-likeness (QED) is 0.0297. The molecule has 0 aromatic rings. The Morgan fingerprint density at radius 2 is 0.496 bits per heavy atom. The molecule has 50 atom stereocenters. The summed E-state index contributed by atoms with van der Waals surface area (Å²) >= 11 is 0. The third-order valence-corrected chi connectivity index (χ3v) is 23.6. The van der Waals surface area contributed by atoms with Gasteiger partial charge in [0.05, 0.1) is 84.4 Å². The first-order valence-electron chi connectivity index (χ1n) is 40.1. The molecule has 0 aliphatic carbocycles. The van der Waals surface area contributed by atoms with E-state index in [0.29, 0.717) is 0 Å². The van der Waals surface area contributed by atoms with Gasteiger partial charge in [-0.25, -0.2) is 0 Å². The molecule has 10 fully saturated rings. The van der Waals surface area contributed by atoms with Crippen molar-refractivity contribution in [2.75, 3.05) is 66.1 Å². The van der Waals surface area contributed by atoms with E-state index in [1.807, 2.05) is 0 Å². The zero-order valence-corrected chi connectivity index (χ0v) is 67.5. The first-order valence-corrected chi connectivity index (χ1v) is 40.1. The second kappa shape index (κ2) is 44.4. The lowest BCUT2D eigenvalue weighted by molar-refractivity contribution is -0.397. The van der Waals surface area contributed by atoms with Gasteiger partial charge in [-0.15, -0.1) is 0 Å². The predicted octanol–water partition coefficient (Wildman–Crippen LogP) is -18.4. The summed E-state index contributed by atoms with van der Waals surface area (Å²) in [6.07, 6.45) is -83.6. The summed E-state index contributed by atoms with van der Waals surface area (Å²) in [5.41, 5.74) is 0. The molecular formula is C71H120N4O48. The minimum atomic E-state index is -2.52. The minimum absolute atomic E-state index is 0.650.